The first kappa shape index (κ1) is 14.4. The van der Waals surface area contributed by atoms with Crippen LogP contribution < -0.4 is 10.2 Å². The van der Waals surface area contributed by atoms with Gasteiger partial charge < -0.3 is 10.2 Å². The minimum atomic E-state index is 0.717. The van der Waals surface area contributed by atoms with E-state index in [1.807, 2.05) is 0 Å². The van der Waals surface area contributed by atoms with Crippen LogP contribution in [-0.2, 0) is 0 Å². The lowest BCUT2D eigenvalue weighted by Gasteiger charge is -2.20. The molecule has 17 heavy (non-hydrogen) atoms. The Morgan fingerprint density at radius 2 is 2.06 bits per heavy atom. The third-order valence-electron chi connectivity index (χ3n) is 2.86. The fraction of sp³-hybridized carbons (Fsp3) is 0.571. The monoisotopic (exact) mass is 298 g/mol. The molecule has 1 N–H and O–H groups in total. The molecule has 0 amide bonds. The Labute approximate surface area is 114 Å². The molecule has 0 aromatic heterocycles. The Balaban J connectivity index is 2.71. The second-order valence-corrected chi connectivity index (χ2v) is 5.75. The number of nitrogens with zero attached hydrogens (tertiary/aromatic N) is 1. The average Bonchev–Trinajstić information content (AvgIpc) is 2.26. The van der Waals surface area contributed by atoms with Crippen molar-refractivity contribution in [2.24, 2.45) is 5.92 Å². The van der Waals surface area contributed by atoms with E-state index in [2.05, 4.69) is 72.3 Å². The van der Waals surface area contributed by atoms with Crippen molar-refractivity contribution < 1.29 is 0 Å². The van der Waals surface area contributed by atoms with E-state index in [1.165, 1.54) is 24.2 Å². The number of nitrogens with one attached hydrogen (secondary N) is 1. The van der Waals surface area contributed by atoms with Crippen molar-refractivity contribution in [1.29, 1.82) is 0 Å². The summed E-state index contributed by atoms with van der Waals surface area (Å²) in [5.74, 6) is 0.717. The van der Waals surface area contributed by atoms with Gasteiger partial charge in [-0.25, -0.2) is 0 Å². The van der Waals surface area contributed by atoms with Gasteiger partial charge >= 0.3 is 0 Å². The molecule has 0 aliphatic carbocycles. The minimum absolute atomic E-state index is 0.717. The predicted octanol–water partition coefficient (Wildman–Crippen LogP) is 4.36. The maximum Gasteiger partial charge on any atom is 0.0597 e. The van der Waals surface area contributed by atoms with Gasteiger partial charge in [0.2, 0.25) is 0 Å². The Kier molecular flexibility index (Phi) is 5.83. The third kappa shape index (κ3) is 4.58. The van der Waals surface area contributed by atoms with Crippen LogP contribution in [0.1, 0.15) is 26.7 Å². The number of hydrogen-bond donors (Lipinski definition) is 1. The molecule has 1 atom stereocenters. The maximum absolute atomic E-state index is 3.55. The largest absolute Gasteiger partial charge is 0.383 e. The fourth-order valence-electron chi connectivity index (χ4n) is 1.92. The first-order valence-corrected chi connectivity index (χ1v) is 7.04. The summed E-state index contributed by atoms with van der Waals surface area (Å²) in [6.07, 6.45) is 2.53. The van der Waals surface area contributed by atoms with Crippen molar-refractivity contribution in [3.63, 3.8) is 0 Å². The number of benzene rings is 1. The molecule has 96 valence electrons. The summed E-state index contributed by atoms with van der Waals surface area (Å²) >= 11 is 3.52. The highest BCUT2D eigenvalue weighted by atomic mass is 79.9. The fourth-order valence-corrected chi connectivity index (χ4v) is 2.28. The lowest BCUT2D eigenvalue weighted by atomic mass is 10.1. The van der Waals surface area contributed by atoms with E-state index >= 15 is 0 Å². The van der Waals surface area contributed by atoms with E-state index in [1.54, 1.807) is 0 Å². The van der Waals surface area contributed by atoms with E-state index in [0.29, 0.717) is 5.92 Å². The van der Waals surface area contributed by atoms with E-state index in [-0.39, 0.29) is 0 Å². The molecule has 0 fully saturated rings. The standard InChI is InChI=1S/C14H23BrN2/c1-5-6-11(2)10-16-13-9-12(15)7-8-14(13)17(3)4/h7-9,11,16H,5-6,10H2,1-4H3. The van der Waals surface area contributed by atoms with Gasteiger partial charge in [0.05, 0.1) is 11.4 Å². The average molecular weight is 299 g/mol. The van der Waals surface area contributed by atoms with Crippen molar-refractivity contribution >= 4 is 27.3 Å². The summed E-state index contributed by atoms with van der Waals surface area (Å²) in [5.41, 5.74) is 2.43. The van der Waals surface area contributed by atoms with Crippen LogP contribution in [-0.4, -0.2) is 20.6 Å². The van der Waals surface area contributed by atoms with Gasteiger partial charge in [-0.1, -0.05) is 36.2 Å². The molecule has 1 aromatic carbocycles. The Hall–Kier alpha value is -0.700. The van der Waals surface area contributed by atoms with Crippen LogP contribution in [0.25, 0.3) is 0 Å². The Bertz CT molecular complexity index is 350. The van der Waals surface area contributed by atoms with E-state index in [4.69, 9.17) is 0 Å². The molecule has 0 aliphatic rings. The zero-order chi connectivity index (χ0) is 12.8. The van der Waals surface area contributed by atoms with Crippen LogP contribution in [0, 0.1) is 5.92 Å². The van der Waals surface area contributed by atoms with E-state index < -0.39 is 0 Å². The second kappa shape index (κ2) is 6.90. The van der Waals surface area contributed by atoms with E-state index in [9.17, 15) is 0 Å². The normalized spacial score (nSPS) is 12.3. The van der Waals surface area contributed by atoms with Crippen LogP contribution in [0.3, 0.4) is 0 Å². The first-order chi connectivity index (χ1) is 8.04. The maximum atomic E-state index is 3.55. The summed E-state index contributed by atoms with van der Waals surface area (Å²) in [7, 11) is 4.15. The first-order valence-electron chi connectivity index (χ1n) is 6.25. The summed E-state index contributed by atoms with van der Waals surface area (Å²) in [4.78, 5) is 2.14. The molecule has 0 heterocycles. The van der Waals surface area contributed by atoms with Gasteiger partial charge in [0, 0.05) is 25.1 Å². The highest BCUT2D eigenvalue weighted by Gasteiger charge is 2.06. The van der Waals surface area contributed by atoms with Crippen molar-refractivity contribution in [3.05, 3.63) is 22.7 Å². The third-order valence-corrected chi connectivity index (χ3v) is 3.36. The molecule has 0 saturated heterocycles. The molecule has 0 bridgehead atoms. The topological polar surface area (TPSA) is 15.3 Å². The number of hydrogen-bond acceptors (Lipinski definition) is 2. The van der Waals surface area contributed by atoms with Crippen molar-refractivity contribution in [3.8, 4) is 0 Å². The van der Waals surface area contributed by atoms with Gasteiger partial charge in [-0.05, 0) is 30.5 Å². The quantitative estimate of drug-likeness (QED) is 0.839. The smallest absolute Gasteiger partial charge is 0.0597 e. The Morgan fingerprint density at radius 3 is 2.65 bits per heavy atom. The van der Waals surface area contributed by atoms with Gasteiger partial charge in [-0.15, -0.1) is 0 Å². The van der Waals surface area contributed by atoms with Crippen LogP contribution in [0.15, 0.2) is 22.7 Å². The van der Waals surface area contributed by atoms with Gasteiger partial charge in [0.1, 0.15) is 0 Å². The minimum Gasteiger partial charge on any atom is -0.383 e. The van der Waals surface area contributed by atoms with Crippen molar-refractivity contribution in [2.45, 2.75) is 26.7 Å². The highest BCUT2D eigenvalue weighted by Crippen LogP contribution is 2.28. The molecule has 0 radical (unpaired) electrons. The number of rotatable bonds is 6. The molecular formula is C14H23BrN2. The van der Waals surface area contributed by atoms with Crippen molar-refractivity contribution in [1.82, 2.24) is 0 Å². The molecule has 2 nitrogen and oxygen atoms in total. The van der Waals surface area contributed by atoms with Crippen LogP contribution in [0.2, 0.25) is 0 Å². The summed E-state index contributed by atoms with van der Waals surface area (Å²) in [6.45, 7) is 5.57. The number of anilines is 2. The molecule has 0 spiro atoms. The SMILES string of the molecule is CCCC(C)CNc1cc(Br)ccc1N(C)C. The number of halogens is 1. The van der Waals surface area contributed by atoms with Gasteiger partial charge in [0.15, 0.2) is 0 Å². The molecule has 1 aromatic rings. The van der Waals surface area contributed by atoms with Crippen LogP contribution in [0.4, 0.5) is 11.4 Å². The molecule has 3 heteroatoms. The van der Waals surface area contributed by atoms with Crippen LogP contribution >= 0.6 is 15.9 Å². The molecule has 0 saturated carbocycles. The molecule has 1 unspecified atom stereocenters. The summed E-state index contributed by atoms with van der Waals surface area (Å²) < 4.78 is 1.12. The summed E-state index contributed by atoms with van der Waals surface area (Å²) in [5, 5.41) is 3.55. The molecule has 0 aliphatic heterocycles. The molecule has 1 rings (SSSR count). The van der Waals surface area contributed by atoms with Gasteiger partial charge in [0.25, 0.3) is 0 Å². The predicted molar refractivity (Wildman–Crippen MR) is 81.0 cm³/mol. The zero-order valence-electron chi connectivity index (χ0n) is 11.3. The van der Waals surface area contributed by atoms with Gasteiger partial charge in [-0.2, -0.15) is 0 Å². The lowest BCUT2D eigenvalue weighted by Crippen LogP contribution is -2.15. The van der Waals surface area contributed by atoms with Crippen molar-refractivity contribution in [2.75, 3.05) is 30.9 Å². The Morgan fingerprint density at radius 1 is 1.35 bits per heavy atom. The highest BCUT2D eigenvalue weighted by molar-refractivity contribution is 9.10. The van der Waals surface area contributed by atoms with Gasteiger partial charge in [-0.3, -0.25) is 0 Å². The zero-order valence-corrected chi connectivity index (χ0v) is 12.8. The van der Waals surface area contributed by atoms with Crippen LogP contribution in [0.5, 0.6) is 0 Å². The molecular weight excluding hydrogens is 276 g/mol. The summed E-state index contributed by atoms with van der Waals surface area (Å²) in [6, 6.07) is 6.36. The van der Waals surface area contributed by atoms with E-state index in [0.717, 1.165) is 11.0 Å². The lowest BCUT2D eigenvalue weighted by molar-refractivity contribution is 0.551. The second-order valence-electron chi connectivity index (χ2n) is 4.83.